The maximum atomic E-state index is 12.9. The Morgan fingerprint density at radius 3 is 2.83 bits per heavy atom. The number of nitrogens with one attached hydrogen (secondary N) is 2. The van der Waals surface area contributed by atoms with Gasteiger partial charge in [0.2, 0.25) is 0 Å². The molecule has 0 unspecified atom stereocenters. The molecule has 0 aliphatic heterocycles. The molecule has 0 saturated heterocycles. The van der Waals surface area contributed by atoms with Crippen molar-refractivity contribution in [1.82, 2.24) is 19.1 Å². The number of nitrogens with zero attached hydrogens (tertiary/aromatic N) is 3. The molecule has 0 saturated carbocycles. The lowest BCUT2D eigenvalue weighted by molar-refractivity contribution is 0.257. The summed E-state index contributed by atoms with van der Waals surface area (Å²) in [6.45, 7) is 4.30. The van der Waals surface area contributed by atoms with Gasteiger partial charge in [-0.25, -0.2) is 4.79 Å². The molecule has 0 atom stereocenters. The molecule has 0 fully saturated rings. The number of amides is 2. The molecule has 11 heteroatoms. The van der Waals surface area contributed by atoms with Crippen LogP contribution in [0.3, 0.4) is 0 Å². The van der Waals surface area contributed by atoms with Gasteiger partial charge in [-0.1, -0.05) is 24.2 Å². The Balaban J connectivity index is 1.51. The Morgan fingerprint density at radius 1 is 1.23 bits per heavy atom. The van der Waals surface area contributed by atoms with Crippen molar-refractivity contribution in [3.05, 3.63) is 76.3 Å². The minimum absolute atomic E-state index is 0.0250. The van der Waals surface area contributed by atoms with Crippen molar-refractivity contribution in [3.63, 3.8) is 0 Å². The third-order valence-electron chi connectivity index (χ3n) is 5.79. The number of benzene rings is 1. The molecule has 2 amide bonds. The topological polar surface area (TPSA) is 121 Å². The maximum absolute atomic E-state index is 12.9. The molecule has 0 bridgehead atoms. The minimum atomic E-state index is -1.50. The second kappa shape index (κ2) is 11.0. The zero-order valence-corrected chi connectivity index (χ0v) is 20.5. The van der Waals surface area contributed by atoms with Crippen molar-refractivity contribution in [2.75, 3.05) is 5.32 Å². The lowest BCUT2D eigenvalue weighted by Crippen LogP contribution is -2.24. The second-order valence-corrected chi connectivity index (χ2v) is 9.44. The van der Waals surface area contributed by atoms with Gasteiger partial charge in [0.1, 0.15) is 5.03 Å². The van der Waals surface area contributed by atoms with E-state index in [1.54, 1.807) is 39.7 Å². The van der Waals surface area contributed by atoms with E-state index in [1.807, 2.05) is 26.1 Å². The number of pyridine rings is 1. The molecule has 0 spiro atoms. The average Bonchev–Trinajstić information content (AvgIpc) is 3.48. The molecule has 182 valence electrons. The summed E-state index contributed by atoms with van der Waals surface area (Å²) in [5, 5.41) is 25.7. The number of carbonyl (C=O) groups excluding carboxylic acids is 1. The highest BCUT2D eigenvalue weighted by Gasteiger charge is 2.21. The highest BCUT2D eigenvalue weighted by atomic mass is 32.2. The molecule has 3 aromatic rings. The van der Waals surface area contributed by atoms with Gasteiger partial charge < -0.3 is 19.9 Å². The molecule has 2 aromatic heterocycles. The summed E-state index contributed by atoms with van der Waals surface area (Å²) in [6, 6.07) is 8.90. The van der Waals surface area contributed by atoms with Gasteiger partial charge in [-0.05, 0) is 56.4 Å². The summed E-state index contributed by atoms with van der Waals surface area (Å²) in [5.41, 5.74) is 4.82. The van der Waals surface area contributed by atoms with E-state index >= 15 is 0 Å². The van der Waals surface area contributed by atoms with Crippen molar-refractivity contribution in [2.24, 2.45) is 0 Å². The van der Waals surface area contributed by atoms with Crippen LogP contribution in [0.25, 0.3) is 11.1 Å². The van der Waals surface area contributed by atoms with E-state index in [0.717, 1.165) is 53.6 Å². The quantitative estimate of drug-likeness (QED) is 0.283. The molecular weight excluding hydrogens is 465 g/mol. The summed E-state index contributed by atoms with van der Waals surface area (Å²) in [6.07, 6.45) is 8.07. The number of fused-ring (bicyclic) bond motifs is 1. The van der Waals surface area contributed by atoms with Crippen molar-refractivity contribution in [3.8, 4) is 11.1 Å². The van der Waals surface area contributed by atoms with Gasteiger partial charge in [-0.2, -0.15) is 5.10 Å². The molecule has 4 N–H and O–H groups in total. The number of hydrogen-bond acceptors (Lipinski definition) is 6. The van der Waals surface area contributed by atoms with E-state index in [4.69, 9.17) is 10.0 Å². The Bertz CT molecular complexity index is 1300. The number of aryl methyl sites for hydroxylation is 1. The normalized spacial score (nSPS) is 12.8. The SMILES string of the molecule is CC(C)n1cc(-c2ccc3c(c2NC(=O)NSc2ccn(C/C=C/B(O)O)n2)CCC3)ccc1=O. The van der Waals surface area contributed by atoms with E-state index in [2.05, 4.69) is 21.2 Å². The number of anilines is 1. The van der Waals surface area contributed by atoms with Crippen LogP contribution in [0.5, 0.6) is 0 Å². The average molecular weight is 493 g/mol. The standard InChI is InChI=1S/C24H28BN5O4S/c1-16(2)30-15-18(8-10-22(30)31)20-9-7-17-5-3-6-19(17)23(20)26-24(32)28-35-21-11-14-29(27-21)13-4-12-25(33)34/h4,7-12,14-16,33-34H,3,5-6,13H2,1-2H3,(H2,26,28,32)/b12-4+. The number of rotatable bonds is 8. The van der Waals surface area contributed by atoms with E-state index in [1.165, 1.54) is 11.5 Å². The molecule has 9 nitrogen and oxygen atoms in total. The van der Waals surface area contributed by atoms with Crippen molar-refractivity contribution >= 4 is 30.8 Å². The van der Waals surface area contributed by atoms with Crippen LogP contribution in [0.2, 0.25) is 0 Å². The second-order valence-electron chi connectivity index (χ2n) is 8.61. The van der Waals surface area contributed by atoms with E-state index in [9.17, 15) is 9.59 Å². The van der Waals surface area contributed by atoms with Gasteiger partial charge in [-0.3, -0.25) is 14.2 Å². The summed E-state index contributed by atoms with van der Waals surface area (Å²) >= 11 is 1.09. The lowest BCUT2D eigenvalue weighted by atomic mass is 9.92. The van der Waals surface area contributed by atoms with Crippen molar-refractivity contribution < 1.29 is 14.8 Å². The smallest absolute Gasteiger partial charge is 0.424 e. The van der Waals surface area contributed by atoms with E-state index in [0.29, 0.717) is 11.6 Å². The Hall–Kier alpha value is -3.28. The minimum Gasteiger partial charge on any atom is -0.424 e. The molecule has 1 aliphatic carbocycles. The largest absolute Gasteiger partial charge is 0.480 e. The van der Waals surface area contributed by atoms with Crippen LogP contribution in [-0.4, -0.2) is 37.5 Å². The molecular formula is C24H28BN5O4S. The fourth-order valence-corrected chi connectivity index (χ4v) is 4.67. The van der Waals surface area contributed by atoms with Gasteiger partial charge in [0.15, 0.2) is 0 Å². The van der Waals surface area contributed by atoms with Crippen LogP contribution in [-0.2, 0) is 19.4 Å². The Labute approximate surface area is 208 Å². The zero-order chi connectivity index (χ0) is 24.9. The molecule has 0 radical (unpaired) electrons. The zero-order valence-electron chi connectivity index (χ0n) is 19.6. The molecule has 1 aliphatic rings. The van der Waals surface area contributed by atoms with Crippen LogP contribution >= 0.6 is 11.9 Å². The third kappa shape index (κ3) is 6.05. The number of allylic oxidation sites excluding steroid dienone is 1. The highest BCUT2D eigenvalue weighted by molar-refractivity contribution is 7.97. The Morgan fingerprint density at radius 2 is 2.06 bits per heavy atom. The van der Waals surface area contributed by atoms with Gasteiger partial charge in [0.05, 0.1) is 12.2 Å². The molecule has 1 aromatic carbocycles. The summed E-state index contributed by atoms with van der Waals surface area (Å²) in [5.74, 6) is 1.25. The summed E-state index contributed by atoms with van der Waals surface area (Å²) < 4.78 is 6.09. The molecule has 4 rings (SSSR count). The predicted molar refractivity (Wildman–Crippen MR) is 138 cm³/mol. The van der Waals surface area contributed by atoms with Crippen LogP contribution in [0.1, 0.15) is 37.4 Å². The first-order valence-corrected chi connectivity index (χ1v) is 12.3. The third-order valence-corrected chi connectivity index (χ3v) is 6.51. The van der Waals surface area contributed by atoms with Crippen LogP contribution in [0, 0.1) is 0 Å². The first-order chi connectivity index (χ1) is 16.8. The summed E-state index contributed by atoms with van der Waals surface area (Å²) in [7, 11) is -1.50. The van der Waals surface area contributed by atoms with Gasteiger partial charge >= 0.3 is 13.1 Å². The monoisotopic (exact) mass is 493 g/mol. The van der Waals surface area contributed by atoms with Crippen LogP contribution < -0.4 is 15.6 Å². The van der Waals surface area contributed by atoms with Crippen LogP contribution in [0.4, 0.5) is 10.5 Å². The fourth-order valence-electron chi connectivity index (χ4n) is 4.14. The maximum Gasteiger partial charge on any atom is 0.480 e. The van der Waals surface area contributed by atoms with Crippen molar-refractivity contribution in [2.45, 2.75) is 50.7 Å². The number of carbonyl (C=O) groups is 1. The van der Waals surface area contributed by atoms with Gasteiger partial charge in [0, 0.05) is 47.6 Å². The highest BCUT2D eigenvalue weighted by Crippen LogP contribution is 2.37. The first-order valence-electron chi connectivity index (χ1n) is 11.5. The fraction of sp³-hybridized carbons (Fsp3) is 0.292. The Kier molecular flexibility index (Phi) is 7.79. The predicted octanol–water partition coefficient (Wildman–Crippen LogP) is 3.18. The number of hydrogen-bond donors (Lipinski definition) is 4. The van der Waals surface area contributed by atoms with Crippen LogP contribution in [0.15, 0.2) is 64.6 Å². The molecule has 35 heavy (non-hydrogen) atoms. The first kappa shape index (κ1) is 24.8. The molecule has 2 heterocycles. The van der Waals surface area contributed by atoms with E-state index in [-0.39, 0.29) is 17.6 Å². The lowest BCUT2D eigenvalue weighted by Gasteiger charge is -2.18. The van der Waals surface area contributed by atoms with E-state index < -0.39 is 7.12 Å². The van der Waals surface area contributed by atoms with Gasteiger partial charge in [-0.15, -0.1) is 0 Å². The number of aromatic nitrogens is 3. The van der Waals surface area contributed by atoms with Crippen molar-refractivity contribution in [1.29, 1.82) is 0 Å². The summed E-state index contributed by atoms with van der Waals surface area (Å²) in [4.78, 5) is 25.1. The van der Waals surface area contributed by atoms with Gasteiger partial charge in [0.25, 0.3) is 5.56 Å². The number of urea groups is 1.